The molecule has 1 N–H and O–H groups in total. The van der Waals surface area contributed by atoms with E-state index in [2.05, 4.69) is 10.1 Å². The van der Waals surface area contributed by atoms with E-state index in [9.17, 15) is 44.7 Å². The number of pyridine rings is 1. The topological polar surface area (TPSA) is 115 Å². The number of benzene rings is 2. The number of sulfonamides is 1. The molecule has 0 bridgehead atoms. The number of nitrogens with zero attached hydrogens (tertiary/aromatic N) is 4. The van der Waals surface area contributed by atoms with E-state index in [1.54, 1.807) is 16.4 Å². The van der Waals surface area contributed by atoms with Gasteiger partial charge in [-0.25, -0.2) is 27.2 Å². The van der Waals surface area contributed by atoms with Crippen molar-refractivity contribution >= 4 is 16.0 Å². The molecule has 1 saturated carbocycles. The average molecular weight is 695 g/mol. The van der Waals surface area contributed by atoms with Crippen LogP contribution in [-0.2, 0) is 29.0 Å². The van der Waals surface area contributed by atoms with Gasteiger partial charge in [0, 0.05) is 18.7 Å². The highest BCUT2D eigenvalue weighted by atomic mass is 32.2. The number of hydrogen-bond acceptors (Lipinski definition) is 6. The van der Waals surface area contributed by atoms with Crippen LogP contribution < -0.4 is 4.74 Å². The van der Waals surface area contributed by atoms with Crippen molar-refractivity contribution in [3.8, 4) is 22.8 Å². The van der Waals surface area contributed by atoms with Crippen LogP contribution in [0.1, 0.15) is 64.3 Å². The van der Waals surface area contributed by atoms with Crippen molar-refractivity contribution in [3.05, 3.63) is 94.8 Å². The smallest absolute Gasteiger partial charge is 0.434 e. The Morgan fingerprint density at radius 3 is 2.17 bits per heavy atom. The number of hydrogen-bond donors (Lipinski definition) is 1. The molecular weight excluding hydrogens is 666 g/mol. The summed E-state index contributed by atoms with van der Waals surface area (Å²) in [6.45, 7) is 0.579. The highest BCUT2D eigenvalue weighted by Gasteiger charge is 2.42. The van der Waals surface area contributed by atoms with Gasteiger partial charge in [0.2, 0.25) is 10.0 Å². The van der Waals surface area contributed by atoms with Gasteiger partial charge in [0.1, 0.15) is 17.9 Å². The maximum absolute atomic E-state index is 14.1. The monoisotopic (exact) mass is 694 g/mol. The predicted octanol–water partition coefficient (Wildman–Crippen LogP) is 6.92. The zero-order valence-corrected chi connectivity index (χ0v) is 25.8. The number of aromatic carboxylic acids is 1. The van der Waals surface area contributed by atoms with Crippen LogP contribution in [0.15, 0.2) is 66.9 Å². The molecule has 1 saturated heterocycles. The maximum Gasteiger partial charge on any atom is 0.434 e. The predicted molar refractivity (Wildman–Crippen MR) is 160 cm³/mol. The fraction of sp³-hybridized carbons (Fsp3) is 0.344. The zero-order chi connectivity index (χ0) is 34.4. The molecule has 6 rings (SSSR count). The molecule has 0 amide bonds. The summed E-state index contributed by atoms with van der Waals surface area (Å²) in [5.41, 5.74) is -2.64. The Balaban J connectivity index is 1.24. The molecule has 1 aliphatic heterocycles. The Bertz CT molecular complexity index is 1930. The number of aromatic nitrogens is 3. The second-order valence-electron chi connectivity index (χ2n) is 11.6. The largest absolute Gasteiger partial charge is 0.488 e. The molecule has 4 aromatic rings. The van der Waals surface area contributed by atoms with Gasteiger partial charge in [-0.05, 0) is 67.0 Å². The van der Waals surface area contributed by atoms with Crippen LogP contribution >= 0.6 is 0 Å². The zero-order valence-electron chi connectivity index (χ0n) is 25.0. The van der Waals surface area contributed by atoms with Gasteiger partial charge in [0.25, 0.3) is 0 Å². The number of para-hydroxylation sites is 1. The van der Waals surface area contributed by atoms with E-state index in [0.717, 1.165) is 23.8 Å². The molecular formula is C32H28F6N4O5S. The van der Waals surface area contributed by atoms with E-state index >= 15 is 0 Å². The summed E-state index contributed by atoms with van der Waals surface area (Å²) in [6.07, 6.45) is -6.76. The summed E-state index contributed by atoms with van der Waals surface area (Å²) in [7, 11) is -3.24. The van der Waals surface area contributed by atoms with Gasteiger partial charge < -0.3 is 9.84 Å². The number of carboxylic acids is 1. The second-order valence-corrected chi connectivity index (χ2v) is 13.8. The van der Waals surface area contributed by atoms with E-state index in [1.165, 1.54) is 18.2 Å². The number of carbonyl (C=O) groups is 1. The van der Waals surface area contributed by atoms with Gasteiger partial charge in [0.15, 0.2) is 11.5 Å². The van der Waals surface area contributed by atoms with E-state index in [1.807, 2.05) is 12.1 Å². The number of halogens is 6. The van der Waals surface area contributed by atoms with Crippen LogP contribution in [0.4, 0.5) is 26.3 Å². The van der Waals surface area contributed by atoms with Crippen LogP contribution in [-0.4, -0.2) is 56.9 Å². The van der Waals surface area contributed by atoms with Crippen LogP contribution in [0.3, 0.4) is 0 Å². The summed E-state index contributed by atoms with van der Waals surface area (Å²) in [6, 6.07) is 14.0. The first kappa shape index (κ1) is 33.5. The Morgan fingerprint density at radius 1 is 0.896 bits per heavy atom. The van der Waals surface area contributed by atoms with Crippen molar-refractivity contribution in [3.63, 3.8) is 0 Å². The standard InChI is InChI=1S/C32H28F6N4O5S/c33-31(34,35)25-4-1-3-23(26-5-2-6-27(40-26)42-29(32(36,37)38)24(17-39-42)30(43)44)28(25)47-18-19-7-9-20(10-8-19)21-13-15-41(16-14-21)48(45,46)22-11-12-22/h1-10,17,21-22H,11-16,18H2,(H,43,44). The number of piperidine rings is 1. The molecule has 0 atom stereocenters. The molecule has 2 aromatic heterocycles. The third-order valence-corrected chi connectivity index (χ3v) is 10.8. The van der Waals surface area contributed by atoms with E-state index < -0.39 is 56.7 Å². The highest BCUT2D eigenvalue weighted by Crippen LogP contribution is 2.43. The Hall–Kier alpha value is -4.44. The first-order valence-electron chi connectivity index (χ1n) is 14.9. The summed E-state index contributed by atoms with van der Waals surface area (Å²) in [5.74, 6) is -2.80. The molecule has 2 fully saturated rings. The van der Waals surface area contributed by atoms with Gasteiger partial charge in [0.05, 0.1) is 22.7 Å². The van der Waals surface area contributed by atoms with Crippen LogP contribution in [0.5, 0.6) is 5.75 Å². The summed E-state index contributed by atoms with van der Waals surface area (Å²) in [5, 5.41) is 12.5. The Labute approximate surface area is 270 Å². The van der Waals surface area contributed by atoms with E-state index in [0.29, 0.717) is 50.5 Å². The number of rotatable bonds is 9. The molecule has 0 spiro atoms. The normalized spacial score (nSPS) is 16.6. The molecule has 0 radical (unpaired) electrons. The molecule has 0 unspecified atom stereocenters. The molecule has 3 heterocycles. The first-order valence-corrected chi connectivity index (χ1v) is 16.4. The van der Waals surface area contributed by atoms with E-state index in [-0.39, 0.29) is 33.7 Å². The minimum absolute atomic E-state index is 0.126. The van der Waals surface area contributed by atoms with Crippen molar-refractivity contribution in [1.29, 1.82) is 0 Å². The lowest BCUT2D eigenvalue weighted by Crippen LogP contribution is -2.39. The van der Waals surface area contributed by atoms with Crippen molar-refractivity contribution in [2.24, 2.45) is 0 Å². The maximum atomic E-state index is 14.1. The quantitative estimate of drug-likeness (QED) is 0.189. The fourth-order valence-electron chi connectivity index (χ4n) is 5.82. The van der Waals surface area contributed by atoms with E-state index in [4.69, 9.17) is 4.74 Å². The lowest BCUT2D eigenvalue weighted by atomic mass is 9.90. The Morgan fingerprint density at radius 2 is 1.56 bits per heavy atom. The molecule has 16 heteroatoms. The fourth-order valence-corrected chi connectivity index (χ4v) is 7.70. The summed E-state index contributed by atoms with van der Waals surface area (Å²) < 4.78 is 117. The molecule has 9 nitrogen and oxygen atoms in total. The minimum atomic E-state index is -5.13. The summed E-state index contributed by atoms with van der Waals surface area (Å²) >= 11 is 0. The number of ether oxygens (including phenoxy) is 1. The lowest BCUT2D eigenvalue weighted by Gasteiger charge is -2.31. The summed E-state index contributed by atoms with van der Waals surface area (Å²) in [4.78, 5) is 15.5. The Kier molecular flexibility index (Phi) is 8.74. The minimum Gasteiger partial charge on any atom is -0.488 e. The van der Waals surface area contributed by atoms with Crippen LogP contribution in [0.25, 0.3) is 17.1 Å². The molecule has 2 aromatic carbocycles. The average Bonchev–Trinajstić information content (AvgIpc) is 3.81. The first-order chi connectivity index (χ1) is 22.6. The molecule has 48 heavy (non-hydrogen) atoms. The van der Waals surface area contributed by atoms with Crippen molar-refractivity contribution in [1.82, 2.24) is 19.1 Å². The van der Waals surface area contributed by atoms with Gasteiger partial charge in [-0.3, -0.25) is 0 Å². The van der Waals surface area contributed by atoms with Crippen LogP contribution in [0.2, 0.25) is 0 Å². The second kappa shape index (κ2) is 12.5. The van der Waals surface area contributed by atoms with Crippen molar-refractivity contribution in [2.45, 2.75) is 55.8 Å². The van der Waals surface area contributed by atoms with Gasteiger partial charge in [-0.2, -0.15) is 31.4 Å². The van der Waals surface area contributed by atoms with Gasteiger partial charge >= 0.3 is 18.3 Å². The molecule has 1 aliphatic carbocycles. The molecule has 2 aliphatic rings. The third kappa shape index (κ3) is 6.76. The highest BCUT2D eigenvalue weighted by molar-refractivity contribution is 7.90. The van der Waals surface area contributed by atoms with Gasteiger partial charge in [-0.1, -0.05) is 36.4 Å². The van der Waals surface area contributed by atoms with Crippen molar-refractivity contribution in [2.75, 3.05) is 13.1 Å². The van der Waals surface area contributed by atoms with Crippen molar-refractivity contribution < 1.29 is 49.4 Å². The van der Waals surface area contributed by atoms with Gasteiger partial charge in [-0.15, -0.1) is 0 Å². The number of alkyl halides is 6. The lowest BCUT2D eigenvalue weighted by molar-refractivity contribution is -0.143. The van der Waals surface area contributed by atoms with Crippen LogP contribution in [0, 0.1) is 0 Å². The number of carboxylic acid groups (broad SMARTS) is 1. The molecule has 254 valence electrons. The third-order valence-electron chi connectivity index (χ3n) is 8.41. The SMILES string of the molecule is O=C(O)c1cnn(-c2cccc(-c3cccc(C(F)(F)F)c3OCc3ccc(C4CCN(S(=O)(=O)C5CC5)CC4)cc3)n2)c1C(F)(F)F.